The molecule has 138 valence electrons. The van der Waals surface area contributed by atoms with Crippen molar-refractivity contribution < 1.29 is 22.8 Å². The molecule has 0 aliphatic carbocycles. The Morgan fingerprint density at radius 2 is 2.12 bits per heavy atom. The van der Waals surface area contributed by atoms with Crippen molar-refractivity contribution in [3.63, 3.8) is 0 Å². The molecule has 1 unspecified atom stereocenters. The highest BCUT2D eigenvalue weighted by molar-refractivity contribution is 6.01. The van der Waals surface area contributed by atoms with E-state index < -0.39 is 29.6 Å². The summed E-state index contributed by atoms with van der Waals surface area (Å²) in [6.45, 7) is 1.93. The van der Waals surface area contributed by atoms with Crippen molar-refractivity contribution in [3.8, 4) is 0 Å². The maximum absolute atomic E-state index is 13.1. The third-order valence-corrected chi connectivity index (χ3v) is 3.87. The van der Waals surface area contributed by atoms with E-state index in [1.807, 2.05) is 6.92 Å². The molecule has 0 saturated carbocycles. The summed E-state index contributed by atoms with van der Waals surface area (Å²) in [6.07, 6.45) is -3.52. The van der Waals surface area contributed by atoms with Crippen molar-refractivity contribution in [1.82, 2.24) is 14.8 Å². The van der Waals surface area contributed by atoms with E-state index in [2.05, 4.69) is 20.7 Å². The van der Waals surface area contributed by atoms with Crippen LogP contribution in [0.2, 0.25) is 0 Å². The highest BCUT2D eigenvalue weighted by Gasteiger charge is 2.36. The average Bonchev–Trinajstić information content (AvgIpc) is 2.96. The minimum Gasteiger partial charge on any atom is -0.324 e. The van der Waals surface area contributed by atoms with Crippen LogP contribution in [0.4, 0.5) is 24.8 Å². The van der Waals surface area contributed by atoms with Gasteiger partial charge in [-0.2, -0.15) is 23.3 Å². The number of hydrogen-bond donors (Lipinski definition) is 2. The molecule has 1 atom stereocenters. The van der Waals surface area contributed by atoms with Crippen molar-refractivity contribution in [2.24, 2.45) is 0 Å². The number of halogens is 3. The zero-order valence-electron chi connectivity index (χ0n) is 13.8. The van der Waals surface area contributed by atoms with Crippen LogP contribution in [0, 0.1) is 0 Å². The van der Waals surface area contributed by atoms with Gasteiger partial charge in [0.1, 0.15) is 6.04 Å². The van der Waals surface area contributed by atoms with Crippen molar-refractivity contribution >= 4 is 23.5 Å². The molecular formula is C16H16F3N5O2. The third kappa shape index (κ3) is 3.53. The van der Waals surface area contributed by atoms with Gasteiger partial charge in [0.2, 0.25) is 17.8 Å². The second-order valence-corrected chi connectivity index (χ2v) is 5.85. The second-order valence-electron chi connectivity index (χ2n) is 5.85. The summed E-state index contributed by atoms with van der Waals surface area (Å²) in [5.41, 5.74) is -1.33. The molecule has 2 aromatic rings. The first-order chi connectivity index (χ1) is 12.3. The Kier molecular flexibility index (Phi) is 4.66. The summed E-state index contributed by atoms with van der Waals surface area (Å²) in [4.78, 5) is 28.6. The number of amides is 2. The maximum Gasteiger partial charge on any atom is 0.418 e. The van der Waals surface area contributed by atoms with Crippen LogP contribution in [-0.2, 0) is 22.2 Å². The van der Waals surface area contributed by atoms with Crippen LogP contribution < -0.4 is 10.6 Å². The van der Waals surface area contributed by atoms with Gasteiger partial charge >= 0.3 is 6.18 Å². The van der Waals surface area contributed by atoms with Gasteiger partial charge < -0.3 is 5.32 Å². The molecule has 1 aromatic heterocycles. The number of carbonyl (C=O) groups excluding carboxylic acids is 2. The van der Waals surface area contributed by atoms with Crippen molar-refractivity contribution in [2.75, 3.05) is 10.6 Å². The van der Waals surface area contributed by atoms with Crippen LogP contribution in [0.1, 0.15) is 37.2 Å². The zero-order chi connectivity index (χ0) is 18.9. The first-order valence-corrected chi connectivity index (χ1v) is 8.02. The number of hydrogen-bond acceptors (Lipinski definition) is 4. The molecule has 10 heteroatoms. The smallest absolute Gasteiger partial charge is 0.324 e. The number of nitrogens with zero attached hydrogens (tertiary/aromatic N) is 3. The number of nitrogens with one attached hydrogen (secondary N) is 2. The molecule has 1 aromatic carbocycles. The average molecular weight is 367 g/mol. The number of fused-ring (bicyclic) bond motifs is 1. The Labute approximate surface area is 146 Å². The van der Waals surface area contributed by atoms with Gasteiger partial charge in [0.05, 0.1) is 17.7 Å². The fraction of sp³-hybridized carbons (Fsp3) is 0.375. The van der Waals surface area contributed by atoms with E-state index in [4.69, 9.17) is 0 Å². The molecule has 0 radical (unpaired) electrons. The normalized spacial score (nSPS) is 16.8. The second kappa shape index (κ2) is 6.77. The van der Waals surface area contributed by atoms with Crippen LogP contribution in [0.25, 0.3) is 0 Å². The van der Waals surface area contributed by atoms with E-state index in [1.165, 1.54) is 16.8 Å². The van der Waals surface area contributed by atoms with Crippen molar-refractivity contribution in [3.05, 3.63) is 35.7 Å². The summed E-state index contributed by atoms with van der Waals surface area (Å²) < 4.78 is 40.5. The van der Waals surface area contributed by atoms with E-state index in [0.717, 1.165) is 18.6 Å². The molecule has 2 N–H and O–H groups in total. The quantitative estimate of drug-likeness (QED) is 0.870. The highest BCUT2D eigenvalue weighted by Crippen LogP contribution is 2.35. The molecule has 7 nitrogen and oxygen atoms in total. The third-order valence-electron chi connectivity index (χ3n) is 3.87. The molecule has 3 rings (SSSR count). The van der Waals surface area contributed by atoms with E-state index in [0.29, 0.717) is 12.2 Å². The van der Waals surface area contributed by atoms with Crippen molar-refractivity contribution in [1.29, 1.82) is 0 Å². The number of benzene rings is 1. The van der Waals surface area contributed by atoms with E-state index in [9.17, 15) is 22.8 Å². The molecule has 2 heterocycles. The lowest BCUT2D eigenvalue weighted by molar-refractivity contribution is -0.137. The molecule has 0 saturated heterocycles. The number of anilines is 2. The van der Waals surface area contributed by atoms with Crippen LogP contribution in [-0.4, -0.2) is 26.6 Å². The molecule has 26 heavy (non-hydrogen) atoms. The summed E-state index contributed by atoms with van der Waals surface area (Å²) in [7, 11) is 0. The van der Waals surface area contributed by atoms with Crippen molar-refractivity contribution in [2.45, 2.75) is 38.4 Å². The van der Waals surface area contributed by atoms with Gasteiger partial charge in [-0.3, -0.25) is 14.9 Å². The standard InChI is InChI=1S/C16H16F3N5O2/c1-2-5-12-21-15-22-13(25)8-11(24(15)23-12)14(26)20-10-7-4-3-6-9(10)16(17,18)19/h3-4,6-7,11H,2,5,8H2,1H3,(H,20,26)(H,21,22,23,25). The molecule has 0 bridgehead atoms. The monoisotopic (exact) mass is 367 g/mol. The van der Waals surface area contributed by atoms with Gasteiger partial charge in [-0.15, -0.1) is 0 Å². The summed E-state index contributed by atoms with van der Waals surface area (Å²) in [5, 5.41) is 8.97. The summed E-state index contributed by atoms with van der Waals surface area (Å²) >= 11 is 0. The van der Waals surface area contributed by atoms with Gasteiger partial charge in [-0.25, -0.2) is 4.68 Å². The van der Waals surface area contributed by atoms with Gasteiger partial charge in [-0.1, -0.05) is 19.1 Å². The van der Waals surface area contributed by atoms with E-state index in [1.54, 1.807) is 0 Å². The fourth-order valence-corrected chi connectivity index (χ4v) is 2.70. The number of aromatic nitrogens is 3. The van der Waals surface area contributed by atoms with Gasteiger partial charge in [0.25, 0.3) is 0 Å². The minimum absolute atomic E-state index is 0.119. The van der Waals surface area contributed by atoms with Gasteiger partial charge in [0.15, 0.2) is 5.82 Å². The molecular weight excluding hydrogens is 351 g/mol. The minimum atomic E-state index is -4.61. The lowest BCUT2D eigenvalue weighted by atomic mass is 10.1. The first kappa shape index (κ1) is 17.9. The molecule has 0 fully saturated rings. The van der Waals surface area contributed by atoms with E-state index in [-0.39, 0.29) is 18.1 Å². The SMILES string of the molecule is CCCc1nc2n(n1)C(C(=O)Nc1ccccc1C(F)(F)F)CC(=O)N2. The summed E-state index contributed by atoms with van der Waals surface area (Å²) in [6, 6.07) is 3.59. The predicted molar refractivity (Wildman–Crippen MR) is 86.4 cm³/mol. The molecule has 1 aliphatic heterocycles. The summed E-state index contributed by atoms with van der Waals surface area (Å²) in [5.74, 6) is -0.630. The lowest BCUT2D eigenvalue weighted by Gasteiger charge is -2.23. The lowest BCUT2D eigenvalue weighted by Crippen LogP contribution is -2.36. The van der Waals surface area contributed by atoms with Gasteiger partial charge in [0, 0.05) is 6.42 Å². The number of para-hydroxylation sites is 1. The highest BCUT2D eigenvalue weighted by atomic mass is 19.4. The Morgan fingerprint density at radius 3 is 2.81 bits per heavy atom. The Morgan fingerprint density at radius 1 is 1.38 bits per heavy atom. The van der Waals surface area contributed by atoms with Crippen LogP contribution in [0.5, 0.6) is 0 Å². The predicted octanol–water partition coefficient (Wildman–Crippen LogP) is 2.77. The zero-order valence-corrected chi connectivity index (χ0v) is 13.8. The Bertz CT molecular complexity index is 847. The Hall–Kier alpha value is -2.91. The molecule has 2 amide bonds. The van der Waals surface area contributed by atoms with E-state index >= 15 is 0 Å². The fourth-order valence-electron chi connectivity index (χ4n) is 2.70. The van der Waals surface area contributed by atoms with Crippen LogP contribution >= 0.6 is 0 Å². The Balaban J connectivity index is 1.89. The van der Waals surface area contributed by atoms with Crippen LogP contribution in [0.3, 0.4) is 0 Å². The number of alkyl halides is 3. The van der Waals surface area contributed by atoms with Gasteiger partial charge in [-0.05, 0) is 18.6 Å². The number of carbonyl (C=O) groups is 2. The molecule has 1 aliphatic rings. The number of aryl methyl sites for hydroxylation is 1. The maximum atomic E-state index is 13.1. The first-order valence-electron chi connectivity index (χ1n) is 8.02. The largest absolute Gasteiger partial charge is 0.418 e. The number of rotatable bonds is 4. The molecule has 0 spiro atoms. The topological polar surface area (TPSA) is 88.9 Å². The van der Waals surface area contributed by atoms with Crippen LogP contribution in [0.15, 0.2) is 24.3 Å².